The average Bonchev–Trinajstić information content (AvgIpc) is 2.36. The first-order chi connectivity index (χ1) is 9.74. The monoisotopic (exact) mass is 350 g/mol. The minimum absolute atomic E-state index is 0.291. The second-order valence-electron chi connectivity index (χ2n) is 5.74. The second-order valence-corrected chi connectivity index (χ2v) is 6.65. The van der Waals surface area contributed by atoms with Crippen molar-refractivity contribution >= 4 is 21.9 Å². The fourth-order valence-electron chi connectivity index (χ4n) is 1.85. The van der Waals surface area contributed by atoms with Gasteiger partial charge in [0.05, 0.1) is 5.56 Å². The van der Waals surface area contributed by atoms with E-state index < -0.39 is 5.60 Å². The van der Waals surface area contributed by atoms with Crippen LogP contribution in [0.3, 0.4) is 0 Å². The predicted octanol–water partition coefficient (Wildman–Crippen LogP) is 5.21. The van der Waals surface area contributed by atoms with Gasteiger partial charge in [-0.05, 0) is 62.2 Å². The molecule has 0 aliphatic rings. The van der Waals surface area contributed by atoms with Crippen molar-refractivity contribution in [2.45, 2.75) is 26.4 Å². The molecule has 0 saturated heterocycles. The summed E-state index contributed by atoms with van der Waals surface area (Å²) in [5.41, 5.74) is 1.57. The topological polar surface area (TPSA) is 26.3 Å². The molecule has 0 amide bonds. The maximum absolute atomic E-state index is 13.0. The number of hydrogen-bond acceptors (Lipinski definition) is 2. The van der Waals surface area contributed by atoms with Crippen molar-refractivity contribution in [2.24, 2.45) is 0 Å². The fraction of sp³-hybridized carbons (Fsp3) is 0.235. The lowest BCUT2D eigenvalue weighted by molar-refractivity contribution is 0.00695. The molecule has 0 aliphatic heterocycles. The third-order valence-corrected chi connectivity index (χ3v) is 3.17. The Kier molecular flexibility index (Phi) is 4.47. The number of esters is 1. The van der Waals surface area contributed by atoms with Crippen molar-refractivity contribution in [1.82, 2.24) is 0 Å². The maximum Gasteiger partial charge on any atom is 0.338 e. The zero-order valence-electron chi connectivity index (χ0n) is 12.1. The SMILES string of the molecule is CC(C)(C)OC(=O)c1cc(Br)cc(-c2ccc(F)cc2)c1. The van der Waals surface area contributed by atoms with E-state index in [1.807, 2.05) is 26.8 Å². The van der Waals surface area contributed by atoms with E-state index >= 15 is 0 Å². The van der Waals surface area contributed by atoms with E-state index in [-0.39, 0.29) is 11.8 Å². The Balaban J connectivity index is 2.37. The van der Waals surface area contributed by atoms with Crippen molar-refractivity contribution in [3.05, 3.63) is 58.3 Å². The molecular formula is C17H16BrFO2. The summed E-state index contributed by atoms with van der Waals surface area (Å²) in [6, 6.07) is 11.5. The maximum atomic E-state index is 13.0. The molecule has 0 aromatic heterocycles. The first-order valence-electron chi connectivity index (χ1n) is 6.54. The Morgan fingerprint density at radius 1 is 1.05 bits per heavy atom. The van der Waals surface area contributed by atoms with Crippen LogP contribution in [0, 0.1) is 5.82 Å². The lowest BCUT2D eigenvalue weighted by Gasteiger charge is -2.19. The third kappa shape index (κ3) is 4.39. The van der Waals surface area contributed by atoms with E-state index in [1.54, 1.807) is 24.3 Å². The van der Waals surface area contributed by atoms with Gasteiger partial charge in [-0.15, -0.1) is 0 Å². The highest BCUT2D eigenvalue weighted by Gasteiger charge is 2.18. The number of carbonyl (C=O) groups excluding carboxylic acids is 1. The van der Waals surface area contributed by atoms with Crippen LogP contribution in [-0.2, 0) is 4.74 Å². The van der Waals surface area contributed by atoms with Gasteiger partial charge in [0, 0.05) is 4.47 Å². The highest BCUT2D eigenvalue weighted by molar-refractivity contribution is 9.10. The van der Waals surface area contributed by atoms with Crippen LogP contribution in [0.1, 0.15) is 31.1 Å². The minimum atomic E-state index is -0.546. The van der Waals surface area contributed by atoms with Crippen molar-refractivity contribution in [3.63, 3.8) is 0 Å². The molecule has 110 valence electrons. The molecular weight excluding hydrogens is 335 g/mol. The molecule has 0 aliphatic carbocycles. The lowest BCUT2D eigenvalue weighted by atomic mass is 10.0. The van der Waals surface area contributed by atoms with Crippen molar-refractivity contribution in [2.75, 3.05) is 0 Å². The van der Waals surface area contributed by atoms with Crippen LogP contribution in [0.4, 0.5) is 4.39 Å². The molecule has 0 N–H and O–H groups in total. The van der Waals surface area contributed by atoms with E-state index in [2.05, 4.69) is 15.9 Å². The summed E-state index contributed by atoms with van der Waals surface area (Å²) in [7, 11) is 0. The third-order valence-electron chi connectivity index (χ3n) is 2.71. The molecule has 0 atom stereocenters. The first kappa shape index (κ1) is 15.7. The zero-order chi connectivity index (χ0) is 15.6. The molecule has 0 spiro atoms. The van der Waals surface area contributed by atoms with Gasteiger partial charge in [0.25, 0.3) is 0 Å². The van der Waals surface area contributed by atoms with E-state index in [0.717, 1.165) is 15.6 Å². The van der Waals surface area contributed by atoms with Crippen molar-refractivity contribution < 1.29 is 13.9 Å². The van der Waals surface area contributed by atoms with Crippen LogP contribution in [0.5, 0.6) is 0 Å². The van der Waals surface area contributed by atoms with Gasteiger partial charge in [0.2, 0.25) is 0 Å². The molecule has 4 heteroatoms. The number of carbonyl (C=O) groups is 1. The number of ether oxygens (including phenoxy) is 1. The van der Waals surface area contributed by atoms with Crippen LogP contribution in [0.15, 0.2) is 46.9 Å². The summed E-state index contributed by atoms with van der Waals surface area (Å²) < 4.78 is 19.1. The summed E-state index contributed by atoms with van der Waals surface area (Å²) in [5.74, 6) is -0.673. The minimum Gasteiger partial charge on any atom is -0.456 e. The predicted molar refractivity (Wildman–Crippen MR) is 84.7 cm³/mol. The molecule has 0 saturated carbocycles. The van der Waals surface area contributed by atoms with Gasteiger partial charge >= 0.3 is 5.97 Å². The number of rotatable bonds is 2. The Hall–Kier alpha value is -1.68. The molecule has 2 aromatic rings. The summed E-state index contributed by atoms with van der Waals surface area (Å²) in [6.07, 6.45) is 0. The van der Waals surface area contributed by atoms with E-state index in [1.165, 1.54) is 12.1 Å². The lowest BCUT2D eigenvalue weighted by Crippen LogP contribution is -2.23. The summed E-state index contributed by atoms with van der Waals surface area (Å²) in [4.78, 5) is 12.1. The van der Waals surface area contributed by atoms with E-state index in [4.69, 9.17) is 4.74 Å². The molecule has 2 rings (SSSR count). The second kappa shape index (κ2) is 5.98. The van der Waals surface area contributed by atoms with Gasteiger partial charge in [-0.2, -0.15) is 0 Å². The van der Waals surface area contributed by atoms with Gasteiger partial charge in [-0.3, -0.25) is 0 Å². The van der Waals surface area contributed by atoms with Crippen LogP contribution < -0.4 is 0 Å². The Morgan fingerprint density at radius 2 is 1.67 bits per heavy atom. The molecule has 0 heterocycles. The highest BCUT2D eigenvalue weighted by Crippen LogP contribution is 2.26. The first-order valence-corrected chi connectivity index (χ1v) is 7.34. The Bertz CT molecular complexity index is 657. The summed E-state index contributed by atoms with van der Waals surface area (Å²) in [6.45, 7) is 5.47. The van der Waals surface area contributed by atoms with Gasteiger partial charge in [-0.25, -0.2) is 9.18 Å². The van der Waals surface area contributed by atoms with Gasteiger partial charge < -0.3 is 4.74 Å². The van der Waals surface area contributed by atoms with Crippen molar-refractivity contribution in [1.29, 1.82) is 0 Å². The molecule has 21 heavy (non-hydrogen) atoms. The fourth-order valence-corrected chi connectivity index (χ4v) is 2.35. The number of halogens is 2. The Morgan fingerprint density at radius 3 is 2.24 bits per heavy atom. The van der Waals surface area contributed by atoms with Gasteiger partial charge in [0.1, 0.15) is 11.4 Å². The molecule has 2 aromatic carbocycles. The van der Waals surface area contributed by atoms with Crippen LogP contribution in [-0.4, -0.2) is 11.6 Å². The van der Waals surface area contributed by atoms with E-state index in [9.17, 15) is 9.18 Å². The largest absolute Gasteiger partial charge is 0.456 e. The van der Waals surface area contributed by atoms with Crippen LogP contribution >= 0.6 is 15.9 Å². The highest BCUT2D eigenvalue weighted by atomic mass is 79.9. The Labute approximate surface area is 132 Å². The quantitative estimate of drug-likeness (QED) is 0.694. The standard InChI is InChI=1S/C17H16BrFO2/c1-17(2,3)21-16(20)13-8-12(9-14(18)10-13)11-4-6-15(19)7-5-11/h4-10H,1-3H3. The van der Waals surface area contributed by atoms with Crippen LogP contribution in [0.25, 0.3) is 11.1 Å². The molecule has 2 nitrogen and oxygen atoms in total. The zero-order valence-corrected chi connectivity index (χ0v) is 13.7. The molecule has 0 radical (unpaired) electrons. The summed E-state index contributed by atoms with van der Waals surface area (Å²) in [5, 5.41) is 0. The van der Waals surface area contributed by atoms with Gasteiger partial charge in [0.15, 0.2) is 0 Å². The van der Waals surface area contributed by atoms with Crippen molar-refractivity contribution in [3.8, 4) is 11.1 Å². The molecule has 0 fully saturated rings. The molecule has 0 unspecified atom stereocenters. The molecule has 0 bridgehead atoms. The summed E-state index contributed by atoms with van der Waals surface area (Å²) >= 11 is 3.39. The number of hydrogen-bond donors (Lipinski definition) is 0. The van der Waals surface area contributed by atoms with E-state index in [0.29, 0.717) is 5.56 Å². The number of benzene rings is 2. The van der Waals surface area contributed by atoms with Crippen LogP contribution in [0.2, 0.25) is 0 Å². The average molecular weight is 351 g/mol. The smallest absolute Gasteiger partial charge is 0.338 e. The normalized spacial score (nSPS) is 11.3. The van der Waals surface area contributed by atoms with Gasteiger partial charge in [-0.1, -0.05) is 28.1 Å².